The molecule has 3 rings (SSSR count). The third-order valence-corrected chi connectivity index (χ3v) is 8.57. The summed E-state index contributed by atoms with van der Waals surface area (Å²) in [5, 5.41) is 3.88. The lowest BCUT2D eigenvalue weighted by Gasteiger charge is -2.33. The first-order chi connectivity index (χ1) is 18.5. The van der Waals surface area contributed by atoms with Crippen LogP contribution in [0.25, 0.3) is 0 Å². The quantitative estimate of drug-likeness (QED) is 0.220. The van der Waals surface area contributed by atoms with E-state index in [1.54, 1.807) is 31.2 Å². The van der Waals surface area contributed by atoms with Crippen LogP contribution in [0.4, 0.5) is 5.82 Å². The van der Waals surface area contributed by atoms with Gasteiger partial charge in [0.25, 0.3) is 0 Å². The van der Waals surface area contributed by atoms with Crippen LogP contribution in [-0.4, -0.2) is 63.2 Å². The predicted molar refractivity (Wildman–Crippen MR) is 152 cm³/mol. The Labute approximate surface area is 242 Å². The maximum absolute atomic E-state index is 12.7. The Hall–Kier alpha value is -2.54. The van der Waals surface area contributed by atoms with E-state index >= 15 is 0 Å². The SMILES string of the molecule is CCOC(=O)c1cc(Cl)c(N2CCC(C(=O)NS(=O)(=O)Cc3ccc(Cl)cc3)CC2)nc1SCCNC(C)=O. The van der Waals surface area contributed by atoms with Gasteiger partial charge in [0.05, 0.1) is 22.9 Å². The molecule has 2 aromatic rings. The van der Waals surface area contributed by atoms with Gasteiger partial charge in [0.1, 0.15) is 10.8 Å². The van der Waals surface area contributed by atoms with E-state index in [0.717, 1.165) is 0 Å². The van der Waals surface area contributed by atoms with E-state index in [-0.39, 0.29) is 28.9 Å². The number of anilines is 1. The van der Waals surface area contributed by atoms with Gasteiger partial charge in [-0.1, -0.05) is 35.3 Å². The van der Waals surface area contributed by atoms with Crippen molar-refractivity contribution < 1.29 is 27.5 Å². The maximum atomic E-state index is 12.7. The first-order valence-electron chi connectivity index (χ1n) is 12.3. The van der Waals surface area contributed by atoms with Crippen LogP contribution in [0.1, 0.15) is 42.6 Å². The summed E-state index contributed by atoms with van der Waals surface area (Å²) in [5.41, 5.74) is 0.755. The van der Waals surface area contributed by atoms with Crippen molar-refractivity contribution in [1.82, 2.24) is 15.0 Å². The predicted octanol–water partition coefficient (Wildman–Crippen LogP) is 3.66. The molecule has 1 aliphatic rings. The van der Waals surface area contributed by atoms with Gasteiger partial charge in [-0.2, -0.15) is 0 Å². The van der Waals surface area contributed by atoms with Gasteiger partial charge in [-0.05, 0) is 43.5 Å². The summed E-state index contributed by atoms with van der Waals surface area (Å²) < 4.78 is 32.4. The molecule has 0 bridgehead atoms. The van der Waals surface area contributed by atoms with Crippen molar-refractivity contribution in [3.05, 3.63) is 51.5 Å². The number of thioether (sulfide) groups is 1. The first kappa shape index (κ1) is 31.0. The van der Waals surface area contributed by atoms with Crippen molar-refractivity contribution in [1.29, 1.82) is 0 Å². The fraction of sp³-hybridized carbons (Fsp3) is 0.440. The van der Waals surface area contributed by atoms with Crippen molar-refractivity contribution in [3.8, 4) is 0 Å². The molecule has 0 atom stereocenters. The lowest BCUT2D eigenvalue weighted by Crippen LogP contribution is -2.43. The molecule has 1 fully saturated rings. The third kappa shape index (κ3) is 9.26. The molecule has 212 valence electrons. The molecule has 0 radical (unpaired) electrons. The molecule has 0 aliphatic carbocycles. The summed E-state index contributed by atoms with van der Waals surface area (Å²) in [5.74, 6) is -1.14. The number of aromatic nitrogens is 1. The zero-order chi connectivity index (χ0) is 28.6. The number of sulfonamides is 1. The molecule has 39 heavy (non-hydrogen) atoms. The monoisotopic (exact) mass is 616 g/mol. The zero-order valence-electron chi connectivity index (χ0n) is 21.5. The summed E-state index contributed by atoms with van der Waals surface area (Å²) >= 11 is 13.6. The number of carbonyl (C=O) groups is 3. The number of ether oxygens (including phenoxy) is 1. The summed E-state index contributed by atoms with van der Waals surface area (Å²) in [6.45, 7) is 4.54. The van der Waals surface area contributed by atoms with E-state index in [1.165, 1.54) is 24.8 Å². The molecule has 10 nitrogen and oxygen atoms in total. The number of benzene rings is 1. The topological polar surface area (TPSA) is 135 Å². The number of pyridine rings is 1. The number of piperidine rings is 1. The normalized spacial score (nSPS) is 14.1. The molecule has 14 heteroatoms. The Morgan fingerprint density at radius 1 is 1.15 bits per heavy atom. The second-order valence-electron chi connectivity index (χ2n) is 8.81. The fourth-order valence-electron chi connectivity index (χ4n) is 3.95. The summed E-state index contributed by atoms with van der Waals surface area (Å²) in [4.78, 5) is 42.9. The first-order valence-corrected chi connectivity index (χ1v) is 15.7. The number of halogens is 2. The molecule has 1 aliphatic heterocycles. The Balaban J connectivity index is 1.65. The van der Waals surface area contributed by atoms with E-state index in [0.29, 0.717) is 59.7 Å². The third-order valence-electron chi connectivity index (χ3n) is 5.82. The standard InChI is InChI=1S/C25H30Cl2N4O6S2/c1-3-37-25(34)20-14-21(27)22(29-24(20)38-13-10-28-16(2)32)31-11-8-18(9-12-31)23(33)30-39(35,36)15-17-4-6-19(26)7-5-17/h4-7,14,18H,3,8-13,15H2,1-2H3,(H,28,32)(H,30,33). The van der Waals surface area contributed by atoms with Crippen LogP contribution in [-0.2, 0) is 30.1 Å². The van der Waals surface area contributed by atoms with Crippen LogP contribution in [0.5, 0.6) is 0 Å². The van der Waals surface area contributed by atoms with Gasteiger partial charge in [0.2, 0.25) is 21.8 Å². The van der Waals surface area contributed by atoms with Gasteiger partial charge in [-0.15, -0.1) is 11.8 Å². The lowest BCUT2D eigenvalue weighted by atomic mass is 9.96. The second-order valence-corrected chi connectivity index (χ2v) is 12.5. The summed E-state index contributed by atoms with van der Waals surface area (Å²) in [7, 11) is -3.87. The van der Waals surface area contributed by atoms with E-state index in [2.05, 4.69) is 15.0 Å². The van der Waals surface area contributed by atoms with Crippen LogP contribution in [0.2, 0.25) is 10.0 Å². The molecular formula is C25H30Cl2N4O6S2. The highest BCUT2D eigenvalue weighted by molar-refractivity contribution is 7.99. The number of nitrogens with zero attached hydrogens (tertiary/aromatic N) is 2. The smallest absolute Gasteiger partial charge is 0.340 e. The molecule has 1 saturated heterocycles. The molecule has 1 aromatic carbocycles. The number of nitrogens with one attached hydrogen (secondary N) is 2. The Morgan fingerprint density at radius 3 is 2.44 bits per heavy atom. The van der Waals surface area contributed by atoms with E-state index in [4.69, 9.17) is 27.9 Å². The summed E-state index contributed by atoms with van der Waals surface area (Å²) in [6.07, 6.45) is 0.788. The molecule has 0 saturated carbocycles. The van der Waals surface area contributed by atoms with Crippen molar-refractivity contribution in [2.45, 2.75) is 37.5 Å². The highest BCUT2D eigenvalue weighted by Gasteiger charge is 2.30. The van der Waals surface area contributed by atoms with E-state index < -0.39 is 27.8 Å². The van der Waals surface area contributed by atoms with Gasteiger partial charge in [-0.25, -0.2) is 18.2 Å². The fourth-order valence-corrected chi connectivity index (χ4v) is 6.37. The van der Waals surface area contributed by atoms with Gasteiger partial charge in [0, 0.05) is 43.3 Å². The van der Waals surface area contributed by atoms with Crippen LogP contribution in [0, 0.1) is 5.92 Å². The Kier molecular flexibility index (Phi) is 11.3. The number of rotatable bonds is 11. The minimum atomic E-state index is -3.87. The van der Waals surface area contributed by atoms with Crippen molar-refractivity contribution >= 4 is 68.6 Å². The van der Waals surface area contributed by atoms with Gasteiger partial charge in [-0.3, -0.25) is 14.3 Å². The average molecular weight is 618 g/mol. The van der Waals surface area contributed by atoms with Crippen molar-refractivity contribution in [2.75, 3.05) is 36.9 Å². The largest absolute Gasteiger partial charge is 0.462 e. The number of carbonyl (C=O) groups excluding carboxylic acids is 3. The molecular weight excluding hydrogens is 587 g/mol. The van der Waals surface area contributed by atoms with Crippen LogP contribution < -0.4 is 14.9 Å². The summed E-state index contributed by atoms with van der Waals surface area (Å²) in [6, 6.07) is 7.90. The van der Waals surface area contributed by atoms with E-state index in [9.17, 15) is 22.8 Å². The van der Waals surface area contributed by atoms with Gasteiger partial charge in [0.15, 0.2) is 0 Å². The molecule has 0 unspecified atom stereocenters. The van der Waals surface area contributed by atoms with Crippen molar-refractivity contribution in [2.24, 2.45) is 5.92 Å². The minimum Gasteiger partial charge on any atom is -0.462 e. The molecule has 2 amide bonds. The number of hydrogen-bond acceptors (Lipinski definition) is 9. The average Bonchev–Trinajstić information content (AvgIpc) is 2.88. The highest BCUT2D eigenvalue weighted by atomic mass is 35.5. The highest BCUT2D eigenvalue weighted by Crippen LogP contribution is 2.33. The van der Waals surface area contributed by atoms with Crippen LogP contribution >= 0.6 is 35.0 Å². The second kappa shape index (κ2) is 14.2. The maximum Gasteiger partial charge on any atom is 0.340 e. The molecule has 0 spiro atoms. The zero-order valence-corrected chi connectivity index (χ0v) is 24.7. The van der Waals surface area contributed by atoms with Gasteiger partial charge < -0.3 is 15.0 Å². The Bertz CT molecular complexity index is 1300. The number of amides is 2. The number of esters is 1. The Morgan fingerprint density at radius 2 is 1.82 bits per heavy atom. The van der Waals surface area contributed by atoms with Crippen molar-refractivity contribution in [3.63, 3.8) is 0 Å². The molecule has 2 N–H and O–H groups in total. The molecule has 1 aromatic heterocycles. The number of hydrogen-bond donors (Lipinski definition) is 2. The van der Waals surface area contributed by atoms with Crippen LogP contribution in [0.3, 0.4) is 0 Å². The lowest BCUT2D eigenvalue weighted by molar-refractivity contribution is -0.123. The van der Waals surface area contributed by atoms with E-state index in [1.807, 2.05) is 4.90 Å². The van der Waals surface area contributed by atoms with Gasteiger partial charge >= 0.3 is 5.97 Å². The minimum absolute atomic E-state index is 0.157. The molecule has 2 heterocycles. The van der Waals surface area contributed by atoms with Crippen LogP contribution in [0.15, 0.2) is 35.4 Å².